The second-order valence-electron chi connectivity index (χ2n) is 6.43. The summed E-state index contributed by atoms with van der Waals surface area (Å²) >= 11 is 0. The molecule has 2 rings (SSSR count). The largest absolute Gasteiger partial charge is 0.484 e. The van der Waals surface area contributed by atoms with Crippen molar-refractivity contribution in [3.8, 4) is 5.75 Å². The van der Waals surface area contributed by atoms with Crippen LogP contribution in [-0.4, -0.2) is 49.3 Å². The maximum absolute atomic E-state index is 12.1. The zero-order chi connectivity index (χ0) is 19.9. The minimum Gasteiger partial charge on any atom is -0.484 e. The van der Waals surface area contributed by atoms with Crippen LogP contribution in [0.3, 0.4) is 0 Å². The van der Waals surface area contributed by atoms with E-state index in [-0.39, 0.29) is 30.7 Å². The van der Waals surface area contributed by atoms with Gasteiger partial charge < -0.3 is 20.3 Å². The highest BCUT2D eigenvalue weighted by Gasteiger charge is 2.28. The molecule has 27 heavy (non-hydrogen) atoms. The standard InChI is InChI=1S/C18H24F3N3O3/c1-13(14-4-6-15(7-5-14)27-12-18(19,20)21)23-17(26)22-9-8-16(25)24-10-2-3-11-24/h4-7,13H,2-3,8-12H2,1H3,(H2,22,23,26). The Kier molecular flexibility index (Phi) is 7.32. The van der Waals surface area contributed by atoms with Crippen molar-refractivity contribution < 1.29 is 27.5 Å². The van der Waals surface area contributed by atoms with Gasteiger partial charge in [-0.05, 0) is 37.5 Å². The van der Waals surface area contributed by atoms with Gasteiger partial charge in [-0.15, -0.1) is 0 Å². The lowest BCUT2D eigenvalue weighted by atomic mass is 10.1. The molecule has 0 saturated carbocycles. The molecule has 1 saturated heterocycles. The molecule has 1 aliphatic rings. The van der Waals surface area contributed by atoms with E-state index in [1.165, 1.54) is 12.1 Å². The summed E-state index contributed by atoms with van der Waals surface area (Å²) in [5, 5.41) is 5.36. The normalized spacial score (nSPS) is 15.3. The Hall–Kier alpha value is -2.45. The van der Waals surface area contributed by atoms with Gasteiger partial charge in [0.25, 0.3) is 0 Å². The summed E-state index contributed by atoms with van der Waals surface area (Å²) in [7, 11) is 0. The van der Waals surface area contributed by atoms with Crippen LogP contribution in [0.1, 0.15) is 37.8 Å². The summed E-state index contributed by atoms with van der Waals surface area (Å²) in [6, 6.07) is 5.27. The van der Waals surface area contributed by atoms with Gasteiger partial charge in [0.05, 0.1) is 6.04 Å². The van der Waals surface area contributed by atoms with Crippen LogP contribution < -0.4 is 15.4 Å². The number of carbonyl (C=O) groups excluding carboxylic acids is 2. The van der Waals surface area contributed by atoms with Gasteiger partial charge >= 0.3 is 12.2 Å². The monoisotopic (exact) mass is 387 g/mol. The SMILES string of the molecule is CC(NC(=O)NCCC(=O)N1CCCC1)c1ccc(OCC(F)(F)F)cc1. The zero-order valence-corrected chi connectivity index (χ0v) is 15.1. The Morgan fingerprint density at radius 2 is 1.81 bits per heavy atom. The predicted octanol–water partition coefficient (Wildman–Crippen LogP) is 3.00. The van der Waals surface area contributed by atoms with E-state index in [1.54, 1.807) is 24.0 Å². The molecule has 0 bridgehead atoms. The predicted molar refractivity (Wildman–Crippen MR) is 93.4 cm³/mol. The smallest absolute Gasteiger partial charge is 0.422 e. The van der Waals surface area contributed by atoms with Crippen LogP contribution in [0.5, 0.6) is 5.75 Å². The van der Waals surface area contributed by atoms with Crippen LogP contribution in [0.15, 0.2) is 24.3 Å². The fourth-order valence-corrected chi connectivity index (χ4v) is 2.76. The highest BCUT2D eigenvalue weighted by molar-refractivity contribution is 5.78. The third-order valence-electron chi connectivity index (χ3n) is 4.21. The number of nitrogens with zero attached hydrogens (tertiary/aromatic N) is 1. The Bertz CT molecular complexity index is 629. The number of hydrogen-bond donors (Lipinski definition) is 2. The first-order chi connectivity index (χ1) is 12.7. The molecule has 6 nitrogen and oxygen atoms in total. The van der Waals surface area contributed by atoms with Gasteiger partial charge in [-0.2, -0.15) is 13.2 Å². The lowest BCUT2D eigenvalue weighted by Gasteiger charge is -2.17. The van der Waals surface area contributed by atoms with E-state index in [1.807, 2.05) is 0 Å². The first kappa shape index (κ1) is 20.9. The lowest BCUT2D eigenvalue weighted by molar-refractivity contribution is -0.153. The molecule has 9 heteroatoms. The topological polar surface area (TPSA) is 70.7 Å². The fourth-order valence-electron chi connectivity index (χ4n) is 2.76. The number of likely N-dealkylation sites (tertiary alicyclic amines) is 1. The van der Waals surface area contributed by atoms with Gasteiger partial charge in [0.2, 0.25) is 5.91 Å². The summed E-state index contributed by atoms with van der Waals surface area (Å²) in [4.78, 5) is 25.6. The van der Waals surface area contributed by atoms with E-state index in [9.17, 15) is 22.8 Å². The molecule has 1 atom stereocenters. The third kappa shape index (κ3) is 7.36. The van der Waals surface area contributed by atoms with Crippen molar-refractivity contribution in [3.05, 3.63) is 29.8 Å². The molecule has 0 radical (unpaired) electrons. The van der Waals surface area contributed by atoms with E-state index in [0.29, 0.717) is 0 Å². The third-order valence-corrected chi connectivity index (χ3v) is 4.21. The Morgan fingerprint density at radius 1 is 1.19 bits per heavy atom. The van der Waals surface area contributed by atoms with Crippen molar-refractivity contribution in [2.45, 2.75) is 38.4 Å². The van der Waals surface area contributed by atoms with Crippen molar-refractivity contribution in [3.63, 3.8) is 0 Å². The maximum Gasteiger partial charge on any atom is 0.422 e. The molecule has 3 amide bonds. The number of benzene rings is 1. The highest BCUT2D eigenvalue weighted by Crippen LogP contribution is 2.21. The Balaban J connectivity index is 1.71. The molecule has 1 aromatic carbocycles. The molecule has 1 aliphatic heterocycles. The number of alkyl halides is 3. The molecule has 1 heterocycles. The average molecular weight is 387 g/mol. The Morgan fingerprint density at radius 3 is 2.41 bits per heavy atom. The number of carbonyl (C=O) groups is 2. The quantitative estimate of drug-likeness (QED) is 0.756. The van der Waals surface area contributed by atoms with Gasteiger partial charge in [-0.25, -0.2) is 4.79 Å². The maximum atomic E-state index is 12.1. The van der Waals surface area contributed by atoms with Crippen molar-refractivity contribution in [2.24, 2.45) is 0 Å². The van der Waals surface area contributed by atoms with E-state index in [2.05, 4.69) is 15.4 Å². The molecule has 0 spiro atoms. The minimum atomic E-state index is -4.39. The molecule has 0 aromatic heterocycles. The van der Waals surface area contributed by atoms with Crippen molar-refractivity contribution in [2.75, 3.05) is 26.2 Å². The van der Waals surface area contributed by atoms with E-state index >= 15 is 0 Å². The minimum absolute atomic E-state index is 0.0373. The second-order valence-corrected chi connectivity index (χ2v) is 6.43. The van der Waals surface area contributed by atoms with Crippen molar-refractivity contribution >= 4 is 11.9 Å². The van der Waals surface area contributed by atoms with Crippen LogP contribution in [0.25, 0.3) is 0 Å². The molecule has 150 valence electrons. The lowest BCUT2D eigenvalue weighted by Crippen LogP contribution is -2.39. The molecule has 0 aliphatic carbocycles. The Labute approximate surface area is 156 Å². The van der Waals surface area contributed by atoms with Crippen molar-refractivity contribution in [1.82, 2.24) is 15.5 Å². The summed E-state index contributed by atoms with van der Waals surface area (Å²) in [6.07, 6.45) is -2.08. The summed E-state index contributed by atoms with van der Waals surface area (Å²) in [6.45, 7) is 2.22. The second kappa shape index (κ2) is 9.48. The van der Waals surface area contributed by atoms with Gasteiger partial charge in [-0.1, -0.05) is 12.1 Å². The van der Waals surface area contributed by atoms with E-state index in [0.717, 1.165) is 31.5 Å². The number of nitrogens with one attached hydrogen (secondary N) is 2. The zero-order valence-electron chi connectivity index (χ0n) is 15.1. The number of hydrogen-bond acceptors (Lipinski definition) is 3. The number of ether oxygens (including phenoxy) is 1. The summed E-state index contributed by atoms with van der Waals surface area (Å²) in [5.74, 6) is 0.142. The molecule has 1 unspecified atom stereocenters. The van der Waals surface area contributed by atoms with E-state index < -0.39 is 18.8 Å². The van der Waals surface area contributed by atoms with E-state index in [4.69, 9.17) is 0 Å². The van der Waals surface area contributed by atoms with Gasteiger partial charge in [-0.3, -0.25) is 4.79 Å². The molecular weight excluding hydrogens is 363 g/mol. The molecule has 1 aromatic rings. The van der Waals surface area contributed by atoms with Crippen LogP contribution in [0.4, 0.5) is 18.0 Å². The molecule has 2 N–H and O–H groups in total. The van der Waals surface area contributed by atoms with Gasteiger partial charge in [0.1, 0.15) is 5.75 Å². The van der Waals surface area contributed by atoms with Crippen molar-refractivity contribution in [1.29, 1.82) is 0 Å². The van der Waals surface area contributed by atoms with Gasteiger partial charge in [0.15, 0.2) is 6.61 Å². The summed E-state index contributed by atoms with van der Waals surface area (Å²) in [5.41, 5.74) is 0.720. The first-order valence-electron chi connectivity index (χ1n) is 8.86. The molecule has 1 fully saturated rings. The number of urea groups is 1. The number of halogens is 3. The van der Waals surface area contributed by atoms with Crippen LogP contribution in [0.2, 0.25) is 0 Å². The van der Waals surface area contributed by atoms with Crippen LogP contribution >= 0.6 is 0 Å². The average Bonchev–Trinajstić information content (AvgIpc) is 3.14. The van der Waals surface area contributed by atoms with Crippen LogP contribution in [0, 0.1) is 0 Å². The summed E-state index contributed by atoms with van der Waals surface area (Å²) < 4.78 is 41.0. The number of rotatable bonds is 7. The first-order valence-corrected chi connectivity index (χ1v) is 8.86. The fraction of sp³-hybridized carbons (Fsp3) is 0.556. The molecular formula is C18H24F3N3O3. The van der Waals surface area contributed by atoms with Gasteiger partial charge in [0, 0.05) is 26.1 Å². The highest BCUT2D eigenvalue weighted by atomic mass is 19.4. The number of amides is 3. The van der Waals surface area contributed by atoms with Crippen LogP contribution in [-0.2, 0) is 4.79 Å².